The molecule has 48 heavy (non-hydrogen) atoms. The number of carbonyl (C=O) groups is 2. The highest BCUT2D eigenvalue weighted by Crippen LogP contribution is 2.61. The molecular formula is C32H41N5O10Si. The summed E-state index contributed by atoms with van der Waals surface area (Å²) < 4.78 is 13.6. The van der Waals surface area contributed by atoms with Crippen LogP contribution in [0.15, 0.2) is 54.7 Å². The fourth-order valence-corrected chi connectivity index (χ4v) is 10.0. The molecule has 3 aromatic rings. The Labute approximate surface area is 277 Å². The van der Waals surface area contributed by atoms with Crippen LogP contribution in [-0.4, -0.2) is 109 Å². The highest BCUT2D eigenvalue weighted by atomic mass is 28.4. The third-order valence-electron chi connectivity index (χ3n) is 9.62. The monoisotopic (exact) mass is 683 g/mol. The van der Waals surface area contributed by atoms with Gasteiger partial charge in [-0.15, -0.1) is 5.10 Å². The molecule has 9 atom stereocenters. The van der Waals surface area contributed by atoms with Crippen molar-refractivity contribution >= 4 is 37.2 Å². The zero-order valence-electron chi connectivity index (χ0n) is 26.7. The van der Waals surface area contributed by atoms with Crippen molar-refractivity contribution in [3.05, 3.63) is 66.0 Å². The first-order chi connectivity index (χ1) is 22.8. The molecule has 0 unspecified atom stereocenters. The number of amides is 2. The number of aryl methyl sites for hydroxylation is 1. The number of anilines is 3. The van der Waals surface area contributed by atoms with Gasteiger partial charge in [0.05, 0.1) is 17.5 Å². The summed E-state index contributed by atoms with van der Waals surface area (Å²) in [6, 6.07) is 13.9. The number of nitrogens with zero attached hydrogens (tertiary/aromatic N) is 4. The van der Waals surface area contributed by atoms with Crippen LogP contribution in [-0.2, 0) is 37.6 Å². The van der Waals surface area contributed by atoms with Gasteiger partial charge in [0.1, 0.15) is 18.3 Å². The van der Waals surface area contributed by atoms with Crippen LogP contribution in [0.5, 0.6) is 0 Å². The highest BCUT2D eigenvalue weighted by molar-refractivity contribution is 6.71. The number of aromatic nitrogens is 3. The van der Waals surface area contributed by atoms with Gasteiger partial charge in [0.2, 0.25) is 0 Å². The molecule has 0 radical (unpaired) electrons. The number of hydrogen-bond donors (Lipinski definition) is 7. The predicted molar refractivity (Wildman–Crippen MR) is 172 cm³/mol. The van der Waals surface area contributed by atoms with Gasteiger partial charge in [0.25, 0.3) is 11.8 Å². The summed E-state index contributed by atoms with van der Waals surface area (Å²) in [5.41, 5.74) is 0.539. The van der Waals surface area contributed by atoms with Gasteiger partial charge in [-0.3, -0.25) is 19.2 Å². The second-order valence-corrected chi connectivity index (χ2v) is 17.2. The second kappa shape index (κ2) is 13.0. The maximum absolute atomic E-state index is 14.8. The van der Waals surface area contributed by atoms with E-state index in [9.17, 15) is 39.9 Å². The van der Waals surface area contributed by atoms with E-state index in [-0.39, 0.29) is 23.7 Å². The van der Waals surface area contributed by atoms with Gasteiger partial charge in [0, 0.05) is 54.2 Å². The first-order valence-corrected chi connectivity index (χ1v) is 18.9. The number of fused-ring (bicyclic) bond motifs is 2. The standard InChI is InChI=1S/C32H41N5O10Si/c1-17-28(48(2,3)45)23(11-13-36-16-19(12-14-38)34-35-36)47-32(17)21-15-18(33-29(42)27-25(40)24(39)26(41)30(43)46-27)9-10-22(21)37(31(32)44)20-7-5-4-6-8-20/h4-10,15-17,23-28,30,38-41,43,45H,11-14H2,1-3H3,(H,33,42)/t17-,23+,24-,25-,26+,27-,28-,30+,32+/m0/s1. The summed E-state index contributed by atoms with van der Waals surface area (Å²) >= 11 is 0. The molecule has 0 saturated carbocycles. The van der Waals surface area contributed by atoms with Crippen LogP contribution < -0.4 is 10.2 Å². The molecule has 3 aliphatic rings. The Morgan fingerprint density at radius 1 is 1.06 bits per heavy atom. The lowest BCUT2D eigenvalue weighted by molar-refractivity contribution is -0.274. The van der Waals surface area contributed by atoms with Gasteiger partial charge in [-0.05, 0) is 49.8 Å². The predicted octanol–water partition coefficient (Wildman–Crippen LogP) is 0.118. The lowest BCUT2D eigenvalue weighted by Crippen LogP contribution is -2.60. The van der Waals surface area contributed by atoms with E-state index in [0.29, 0.717) is 42.0 Å². The molecule has 3 aliphatic heterocycles. The number of aliphatic hydroxyl groups excluding tert-OH is 5. The minimum atomic E-state index is -2.99. The molecule has 7 N–H and O–H groups in total. The Hall–Kier alpha value is -3.58. The maximum atomic E-state index is 14.8. The summed E-state index contributed by atoms with van der Waals surface area (Å²) in [5, 5.41) is 60.4. The first-order valence-electron chi connectivity index (χ1n) is 15.9. The molecule has 1 spiro atoms. The second-order valence-electron chi connectivity index (χ2n) is 13.2. The van der Waals surface area contributed by atoms with Gasteiger partial charge in [-0.2, -0.15) is 0 Å². The minimum Gasteiger partial charge on any atom is -0.432 e. The fourth-order valence-electron chi connectivity index (χ4n) is 7.41. The lowest BCUT2D eigenvalue weighted by Gasteiger charge is -2.37. The zero-order chi connectivity index (χ0) is 34.5. The third-order valence-corrected chi connectivity index (χ3v) is 12.1. The first kappa shape index (κ1) is 34.3. The molecular weight excluding hydrogens is 642 g/mol. The largest absolute Gasteiger partial charge is 0.432 e. The molecule has 2 fully saturated rings. The molecule has 16 heteroatoms. The molecule has 2 aromatic carbocycles. The molecule has 6 rings (SSSR count). The van der Waals surface area contributed by atoms with Crippen LogP contribution in [0.1, 0.15) is 24.6 Å². The van der Waals surface area contributed by atoms with Gasteiger partial charge in [0.15, 0.2) is 26.3 Å². The molecule has 258 valence electrons. The smallest absolute Gasteiger partial charge is 0.268 e. The number of para-hydroxylation sites is 1. The quantitative estimate of drug-likeness (QED) is 0.150. The van der Waals surface area contributed by atoms with E-state index < -0.39 is 62.6 Å². The van der Waals surface area contributed by atoms with Crippen LogP contribution in [0.2, 0.25) is 18.6 Å². The van der Waals surface area contributed by atoms with Crippen LogP contribution in [0, 0.1) is 5.92 Å². The Balaban J connectivity index is 1.37. The van der Waals surface area contributed by atoms with Crippen LogP contribution in [0.25, 0.3) is 0 Å². The average molecular weight is 684 g/mol. The van der Waals surface area contributed by atoms with Crippen LogP contribution >= 0.6 is 0 Å². The van der Waals surface area contributed by atoms with E-state index in [4.69, 9.17) is 9.47 Å². The SMILES string of the molecule is C[C@H]1[C@H]([Si](C)(C)O)[C@@H](CCn2cc(CCO)nn2)O[C@]12C(=O)N(c1ccccc1)c1ccc(NC(=O)[C@H]3O[C@@H](O)[C@H](O)[C@@H](O)[C@@H]3O)cc12. The van der Waals surface area contributed by atoms with E-state index in [1.165, 1.54) is 0 Å². The van der Waals surface area contributed by atoms with Crippen molar-refractivity contribution in [2.75, 3.05) is 16.8 Å². The fraction of sp³-hybridized carbons (Fsp3) is 0.500. The number of benzene rings is 2. The van der Waals surface area contributed by atoms with Gasteiger partial charge in [-0.25, -0.2) is 0 Å². The van der Waals surface area contributed by atoms with Crippen molar-refractivity contribution in [3.8, 4) is 0 Å². The maximum Gasteiger partial charge on any atom is 0.268 e. The van der Waals surface area contributed by atoms with Crippen LogP contribution in [0.3, 0.4) is 0 Å². The summed E-state index contributed by atoms with van der Waals surface area (Å²) in [7, 11) is -2.99. The van der Waals surface area contributed by atoms with Crippen molar-refractivity contribution in [3.63, 3.8) is 0 Å². The average Bonchev–Trinajstić information content (AvgIpc) is 3.70. The summed E-state index contributed by atoms with van der Waals surface area (Å²) in [5.74, 6) is -1.74. The van der Waals surface area contributed by atoms with E-state index in [0.717, 1.165) is 0 Å². The molecule has 0 bridgehead atoms. The van der Waals surface area contributed by atoms with E-state index in [2.05, 4.69) is 15.6 Å². The number of hydrogen-bond acceptors (Lipinski definition) is 12. The van der Waals surface area contributed by atoms with Crippen molar-refractivity contribution < 1.29 is 49.4 Å². The number of ether oxygens (including phenoxy) is 2. The molecule has 0 aliphatic carbocycles. The third kappa shape index (κ3) is 5.86. The molecule has 4 heterocycles. The van der Waals surface area contributed by atoms with E-state index in [1.54, 1.807) is 46.1 Å². The van der Waals surface area contributed by atoms with E-state index >= 15 is 0 Å². The van der Waals surface area contributed by atoms with Crippen molar-refractivity contribution in [2.24, 2.45) is 5.92 Å². The van der Waals surface area contributed by atoms with Crippen molar-refractivity contribution in [2.45, 2.75) is 87.4 Å². The van der Waals surface area contributed by atoms with E-state index in [1.807, 2.05) is 38.2 Å². The normalized spacial score (nSPS) is 31.8. The topological polar surface area (TPSA) is 220 Å². The number of carbonyl (C=O) groups excluding carboxylic acids is 2. The number of rotatable bonds is 9. The summed E-state index contributed by atoms with van der Waals surface area (Å²) in [6.07, 6.45) is -7.07. The molecule has 15 nitrogen and oxygen atoms in total. The molecule has 1 aromatic heterocycles. The summed E-state index contributed by atoms with van der Waals surface area (Å²) in [6.45, 7) is 5.87. The number of aliphatic hydroxyl groups is 5. The van der Waals surface area contributed by atoms with Gasteiger partial charge in [-0.1, -0.05) is 30.3 Å². The molecule has 2 amide bonds. The Bertz CT molecular complexity index is 1650. The van der Waals surface area contributed by atoms with Gasteiger partial charge >= 0.3 is 0 Å². The van der Waals surface area contributed by atoms with Crippen molar-refractivity contribution in [1.82, 2.24) is 15.0 Å². The zero-order valence-corrected chi connectivity index (χ0v) is 27.7. The summed E-state index contributed by atoms with van der Waals surface area (Å²) in [4.78, 5) is 41.2. The van der Waals surface area contributed by atoms with Gasteiger partial charge < -0.3 is 45.1 Å². The lowest BCUT2D eigenvalue weighted by atomic mass is 9.82. The highest BCUT2D eigenvalue weighted by Gasteiger charge is 2.66. The Kier molecular flexibility index (Phi) is 9.31. The Morgan fingerprint density at radius 2 is 1.79 bits per heavy atom. The number of nitrogens with one attached hydrogen (secondary N) is 1. The minimum absolute atomic E-state index is 0.0555. The van der Waals surface area contributed by atoms with Crippen molar-refractivity contribution in [1.29, 1.82) is 0 Å². The van der Waals surface area contributed by atoms with Crippen LogP contribution in [0.4, 0.5) is 17.1 Å². The Morgan fingerprint density at radius 3 is 2.48 bits per heavy atom. The molecule has 2 saturated heterocycles.